The van der Waals surface area contributed by atoms with E-state index in [2.05, 4.69) is 29.1 Å². The van der Waals surface area contributed by atoms with Crippen LogP contribution in [0.25, 0.3) is 0 Å². The Bertz CT molecular complexity index is 373. The highest BCUT2D eigenvalue weighted by Gasteiger charge is 2.14. The Balaban J connectivity index is 1.80. The predicted octanol–water partition coefficient (Wildman–Crippen LogP) is 1.80. The fourth-order valence-electron chi connectivity index (χ4n) is 2.66. The molecule has 106 valence electrons. The Hall–Kier alpha value is -1.13. The average Bonchev–Trinajstić information content (AvgIpc) is 2.40. The van der Waals surface area contributed by atoms with Gasteiger partial charge in [-0.1, -0.05) is 6.92 Å². The summed E-state index contributed by atoms with van der Waals surface area (Å²) in [5.41, 5.74) is 1.08. The summed E-state index contributed by atoms with van der Waals surface area (Å²) in [6.45, 7) is 8.89. The molecule has 0 aromatic heterocycles. The molecule has 4 heteroatoms. The number of nitrogens with zero attached hydrogens (tertiary/aromatic N) is 2. The molecule has 0 aliphatic carbocycles. The third kappa shape index (κ3) is 4.48. The molecule has 1 aromatic rings. The lowest BCUT2D eigenvalue weighted by Gasteiger charge is -2.31. The maximum Gasteiger partial charge on any atom is 0.123 e. The Morgan fingerprint density at radius 1 is 1.26 bits per heavy atom. The highest BCUT2D eigenvalue weighted by molar-refractivity contribution is 5.45. The summed E-state index contributed by atoms with van der Waals surface area (Å²) < 4.78 is 12.9. The number of piperazine rings is 1. The van der Waals surface area contributed by atoms with Crippen molar-refractivity contribution in [3.63, 3.8) is 0 Å². The van der Waals surface area contributed by atoms with E-state index in [9.17, 15) is 4.39 Å². The van der Waals surface area contributed by atoms with E-state index < -0.39 is 0 Å². The van der Waals surface area contributed by atoms with Crippen LogP contribution in [0.15, 0.2) is 24.3 Å². The van der Waals surface area contributed by atoms with E-state index in [-0.39, 0.29) is 5.82 Å². The van der Waals surface area contributed by atoms with E-state index in [0.29, 0.717) is 5.92 Å². The minimum atomic E-state index is -0.175. The maximum atomic E-state index is 12.9. The molecular weight excluding hydrogens is 241 g/mol. The second kappa shape index (κ2) is 6.87. The number of benzene rings is 1. The molecule has 3 nitrogen and oxygen atoms in total. The second-order valence-corrected chi connectivity index (χ2v) is 5.51. The topological polar surface area (TPSA) is 18.5 Å². The van der Waals surface area contributed by atoms with Gasteiger partial charge in [-0.3, -0.25) is 0 Å². The molecule has 1 aliphatic heterocycles. The minimum Gasteiger partial charge on any atom is -0.374 e. The van der Waals surface area contributed by atoms with Gasteiger partial charge in [0.1, 0.15) is 5.82 Å². The van der Waals surface area contributed by atoms with Crippen molar-refractivity contribution in [3.8, 4) is 0 Å². The number of anilines is 1. The normalized spacial score (nSPS) is 18.3. The largest absolute Gasteiger partial charge is 0.374 e. The maximum absolute atomic E-state index is 12.9. The molecule has 2 rings (SSSR count). The number of hydrogen-bond acceptors (Lipinski definition) is 3. The Morgan fingerprint density at radius 2 is 1.89 bits per heavy atom. The number of rotatable bonds is 5. The molecule has 1 unspecified atom stereocenters. The second-order valence-electron chi connectivity index (χ2n) is 5.51. The van der Waals surface area contributed by atoms with Crippen LogP contribution in [0.5, 0.6) is 0 Å². The molecular formula is C15H24FN3. The highest BCUT2D eigenvalue weighted by Crippen LogP contribution is 2.15. The van der Waals surface area contributed by atoms with Gasteiger partial charge in [0.05, 0.1) is 0 Å². The Morgan fingerprint density at radius 3 is 2.53 bits per heavy atom. The smallest absolute Gasteiger partial charge is 0.123 e. The molecule has 0 spiro atoms. The molecule has 1 N–H and O–H groups in total. The summed E-state index contributed by atoms with van der Waals surface area (Å²) >= 11 is 0. The number of halogens is 1. The summed E-state index contributed by atoms with van der Waals surface area (Å²) in [4.78, 5) is 4.71. The van der Waals surface area contributed by atoms with Crippen molar-refractivity contribution in [3.05, 3.63) is 30.1 Å². The number of nitrogens with one attached hydrogen (secondary N) is 1. The molecule has 1 atom stereocenters. The van der Waals surface area contributed by atoms with Crippen LogP contribution < -0.4 is 10.2 Å². The highest BCUT2D eigenvalue weighted by atomic mass is 19.1. The van der Waals surface area contributed by atoms with Gasteiger partial charge in [-0.05, 0) is 30.2 Å². The Kier molecular flexibility index (Phi) is 5.16. The molecule has 0 radical (unpaired) electrons. The lowest BCUT2D eigenvalue weighted by Crippen LogP contribution is -2.46. The number of hydrogen-bond donors (Lipinski definition) is 1. The van der Waals surface area contributed by atoms with Crippen molar-refractivity contribution in [1.29, 1.82) is 0 Å². The van der Waals surface area contributed by atoms with Crippen molar-refractivity contribution in [2.45, 2.75) is 6.92 Å². The van der Waals surface area contributed by atoms with E-state index in [4.69, 9.17) is 0 Å². The zero-order chi connectivity index (χ0) is 13.7. The van der Waals surface area contributed by atoms with Gasteiger partial charge in [-0.15, -0.1) is 0 Å². The first-order valence-corrected chi connectivity index (χ1v) is 7.05. The molecule has 0 bridgehead atoms. The monoisotopic (exact) mass is 265 g/mol. The molecule has 0 amide bonds. The first kappa shape index (κ1) is 14.3. The quantitative estimate of drug-likeness (QED) is 0.876. The van der Waals surface area contributed by atoms with Gasteiger partial charge in [0, 0.05) is 52.0 Å². The van der Waals surface area contributed by atoms with E-state index in [1.807, 2.05) is 12.1 Å². The van der Waals surface area contributed by atoms with Crippen molar-refractivity contribution in [2.24, 2.45) is 5.92 Å². The summed E-state index contributed by atoms with van der Waals surface area (Å²) in [5, 5.41) is 3.37. The van der Waals surface area contributed by atoms with Crippen molar-refractivity contribution >= 4 is 5.69 Å². The molecule has 1 aromatic carbocycles. The summed E-state index contributed by atoms with van der Waals surface area (Å²) in [6, 6.07) is 6.72. The van der Waals surface area contributed by atoms with E-state index >= 15 is 0 Å². The molecule has 0 saturated carbocycles. The third-order valence-corrected chi connectivity index (χ3v) is 3.63. The van der Waals surface area contributed by atoms with Gasteiger partial charge in [-0.2, -0.15) is 0 Å². The fraction of sp³-hybridized carbons (Fsp3) is 0.600. The lowest BCUT2D eigenvalue weighted by molar-refractivity contribution is 0.213. The van der Waals surface area contributed by atoms with Gasteiger partial charge in [0.15, 0.2) is 0 Å². The molecule has 1 aliphatic rings. The standard InChI is InChI=1S/C15H24FN3/c1-13(12-19-9-7-17-8-10-19)11-18(2)15-5-3-14(16)4-6-15/h3-6,13,17H,7-12H2,1-2H3. The van der Waals surface area contributed by atoms with Crippen LogP contribution in [0, 0.1) is 11.7 Å². The molecule has 1 saturated heterocycles. The van der Waals surface area contributed by atoms with Gasteiger partial charge in [0.2, 0.25) is 0 Å². The van der Waals surface area contributed by atoms with Crippen molar-refractivity contribution < 1.29 is 4.39 Å². The molecule has 1 heterocycles. The van der Waals surface area contributed by atoms with Crippen molar-refractivity contribution in [1.82, 2.24) is 10.2 Å². The zero-order valence-corrected chi connectivity index (χ0v) is 11.9. The first-order chi connectivity index (χ1) is 9.15. The third-order valence-electron chi connectivity index (χ3n) is 3.63. The zero-order valence-electron chi connectivity index (χ0n) is 11.9. The summed E-state index contributed by atoms with van der Waals surface area (Å²) in [6.07, 6.45) is 0. The van der Waals surface area contributed by atoms with Crippen molar-refractivity contribution in [2.75, 3.05) is 51.2 Å². The minimum absolute atomic E-state index is 0.175. The van der Waals surface area contributed by atoms with Crippen LogP contribution in [0.4, 0.5) is 10.1 Å². The van der Waals surface area contributed by atoms with Crippen LogP contribution in [0.3, 0.4) is 0 Å². The van der Waals surface area contributed by atoms with Gasteiger partial charge in [0.25, 0.3) is 0 Å². The van der Waals surface area contributed by atoms with Crippen LogP contribution in [0.1, 0.15) is 6.92 Å². The van der Waals surface area contributed by atoms with E-state index in [1.54, 1.807) is 0 Å². The van der Waals surface area contributed by atoms with Crippen LogP contribution in [-0.4, -0.2) is 51.2 Å². The van der Waals surface area contributed by atoms with Gasteiger partial charge < -0.3 is 15.1 Å². The predicted molar refractivity (Wildman–Crippen MR) is 78.1 cm³/mol. The Labute approximate surface area is 115 Å². The van der Waals surface area contributed by atoms with Crippen LogP contribution in [0.2, 0.25) is 0 Å². The summed E-state index contributed by atoms with van der Waals surface area (Å²) in [7, 11) is 2.07. The fourth-order valence-corrected chi connectivity index (χ4v) is 2.66. The van der Waals surface area contributed by atoms with Gasteiger partial charge >= 0.3 is 0 Å². The summed E-state index contributed by atoms with van der Waals surface area (Å²) in [5.74, 6) is 0.430. The van der Waals surface area contributed by atoms with E-state index in [0.717, 1.165) is 45.0 Å². The average molecular weight is 265 g/mol. The van der Waals surface area contributed by atoms with E-state index in [1.165, 1.54) is 12.1 Å². The SMILES string of the molecule is CC(CN1CCNCC1)CN(C)c1ccc(F)cc1. The van der Waals surface area contributed by atoms with Gasteiger partial charge in [-0.25, -0.2) is 4.39 Å². The van der Waals surface area contributed by atoms with Crippen LogP contribution >= 0.6 is 0 Å². The molecule has 19 heavy (non-hydrogen) atoms. The van der Waals surface area contributed by atoms with Crippen LogP contribution in [-0.2, 0) is 0 Å². The first-order valence-electron chi connectivity index (χ1n) is 7.05. The lowest BCUT2D eigenvalue weighted by atomic mass is 10.1. The molecule has 1 fully saturated rings.